The van der Waals surface area contributed by atoms with E-state index in [-0.39, 0.29) is 136 Å². The Labute approximate surface area is 419 Å². The van der Waals surface area contributed by atoms with Crippen molar-refractivity contribution in [1.82, 2.24) is 39.9 Å². The van der Waals surface area contributed by atoms with Crippen molar-refractivity contribution < 1.29 is 52.7 Å². The number of rotatable bonds is 4. The van der Waals surface area contributed by atoms with E-state index in [1.165, 1.54) is 24.3 Å². The summed E-state index contributed by atoms with van der Waals surface area (Å²) >= 11 is 0. The van der Waals surface area contributed by atoms with E-state index in [1.54, 1.807) is 48.5 Å². The van der Waals surface area contributed by atoms with Crippen LogP contribution in [0.25, 0.3) is 113 Å². The second kappa shape index (κ2) is 17.7. The summed E-state index contributed by atoms with van der Waals surface area (Å²) in [5.74, 6) is -0.672. The summed E-state index contributed by atoms with van der Waals surface area (Å²) < 4.78 is 173. The number of hydrogen-bond acceptors (Lipinski definition) is 6. The Morgan fingerprint density at radius 1 is 0.274 bits per heavy atom. The van der Waals surface area contributed by atoms with Gasteiger partial charge in [0.05, 0.1) is 45.6 Å². The number of aromatic nitrogens is 8. The number of alkyl halides is 12. The third kappa shape index (κ3) is 8.96. The SMILES string of the molecule is FC(F)(F)c1cccc(-c2c(-c3cccc(C(F)(F)F)c3)c3nc4nc(nc5[n-]c(nc6nc(nc2[n-]3)-c2ccccc2-6)c(-c2cccc(C(F)(F)F)c2)c5-c2cccc(C(F)(F)F)c2)-c2ccccc2-4)c1.[Mg+2]. The molecule has 73 heavy (non-hydrogen) atoms. The van der Waals surface area contributed by atoms with Gasteiger partial charge in [-0.25, -0.2) is 9.97 Å². The molecular formula is C52H24F12MgN8. The second-order valence-electron chi connectivity index (χ2n) is 16.4. The van der Waals surface area contributed by atoms with Crippen LogP contribution in [0.2, 0.25) is 0 Å². The molecule has 6 aromatic carbocycles. The Morgan fingerprint density at radius 3 is 0.699 bits per heavy atom. The molecule has 0 fully saturated rings. The van der Waals surface area contributed by atoms with Crippen molar-refractivity contribution in [3.8, 4) is 90.1 Å². The molecule has 9 aromatic rings. The maximum Gasteiger partial charge on any atom is 2.00 e. The second-order valence-corrected chi connectivity index (χ2v) is 16.4. The summed E-state index contributed by atoms with van der Waals surface area (Å²) in [6.07, 6.45) is -19.5. The zero-order valence-electron chi connectivity index (χ0n) is 36.7. The standard InChI is InChI=1S/C52H24F12N8.Mg/c53-49(54,55)29-13-5-9-25(21-29)37-38(26-10-6-14-30(22-26)50(56,57)58)47-69-43-35-19-3-4-20-36(35)44(66-43)70-48-40(28-12-8-16-32(24-28)52(62,63)64)39(27-11-7-15-31(23-27)51(59,60)61)46(72-48)68-42-34-18-2-1-17-33(34)41(65-42)67-45(37)71-47;/h1-24H;/q-2;+2. The van der Waals surface area contributed by atoms with E-state index < -0.39 is 47.0 Å². The van der Waals surface area contributed by atoms with Crippen LogP contribution < -0.4 is 9.97 Å². The minimum absolute atomic E-state index is 0. The molecule has 8 nitrogen and oxygen atoms in total. The first-order valence-electron chi connectivity index (χ1n) is 21.3. The molecular weight excluding hydrogens is 989 g/mol. The average molecular weight is 1010 g/mol. The van der Waals surface area contributed by atoms with Crippen molar-refractivity contribution in [2.75, 3.05) is 0 Å². The molecule has 0 saturated carbocycles. The van der Waals surface area contributed by atoms with Crippen LogP contribution in [-0.4, -0.2) is 53.0 Å². The van der Waals surface area contributed by atoms with Gasteiger partial charge in [-0.2, -0.15) is 52.7 Å². The van der Waals surface area contributed by atoms with E-state index in [1.807, 2.05) is 0 Å². The molecule has 2 aliphatic heterocycles. The van der Waals surface area contributed by atoms with Crippen molar-refractivity contribution >= 4 is 45.6 Å². The van der Waals surface area contributed by atoms with Gasteiger partial charge >= 0.3 is 47.8 Å². The van der Waals surface area contributed by atoms with Gasteiger partial charge in [-0.1, -0.05) is 97.1 Å². The van der Waals surface area contributed by atoms with Gasteiger partial charge in [0.25, 0.3) is 0 Å². The minimum atomic E-state index is -4.87. The van der Waals surface area contributed by atoms with Crippen LogP contribution in [0.15, 0.2) is 146 Å². The van der Waals surface area contributed by atoms with Crippen LogP contribution >= 0.6 is 0 Å². The van der Waals surface area contributed by atoms with Gasteiger partial charge in [-0.3, -0.25) is 0 Å². The molecule has 0 radical (unpaired) electrons. The quantitative estimate of drug-likeness (QED) is 0.127. The average Bonchev–Trinajstić information content (AvgIpc) is 4.09. The van der Waals surface area contributed by atoms with Gasteiger partial charge in [-0.15, -0.1) is 0 Å². The fraction of sp³-hybridized carbons (Fsp3) is 0.0769. The first-order valence-corrected chi connectivity index (χ1v) is 21.3. The van der Waals surface area contributed by atoms with Crippen molar-refractivity contribution in [2.45, 2.75) is 24.7 Å². The largest absolute Gasteiger partial charge is 2.00 e. The molecule has 0 N–H and O–H groups in total. The molecule has 21 heteroatoms. The normalized spacial score (nSPS) is 12.5. The van der Waals surface area contributed by atoms with Crippen LogP contribution in [0.3, 0.4) is 0 Å². The molecule has 0 saturated heterocycles. The molecule has 358 valence electrons. The summed E-state index contributed by atoms with van der Waals surface area (Å²) in [6.45, 7) is 0. The van der Waals surface area contributed by atoms with Crippen molar-refractivity contribution in [2.24, 2.45) is 0 Å². The van der Waals surface area contributed by atoms with Crippen molar-refractivity contribution in [3.63, 3.8) is 0 Å². The minimum Gasteiger partial charge on any atom is -0.357 e. The van der Waals surface area contributed by atoms with E-state index in [4.69, 9.17) is 29.9 Å². The number of halogens is 12. The van der Waals surface area contributed by atoms with Gasteiger partial charge in [0.2, 0.25) is 0 Å². The maximum atomic E-state index is 14.4. The third-order valence-corrected chi connectivity index (χ3v) is 11.8. The first-order chi connectivity index (χ1) is 34.2. The van der Waals surface area contributed by atoms with Gasteiger partial charge in [0, 0.05) is 67.1 Å². The zero-order valence-corrected chi connectivity index (χ0v) is 38.1. The first kappa shape index (κ1) is 48.7. The molecule has 0 spiro atoms. The summed E-state index contributed by atoms with van der Waals surface area (Å²) in [5.41, 5.74) is -6.12. The van der Waals surface area contributed by atoms with Crippen LogP contribution in [0.1, 0.15) is 22.3 Å². The predicted molar refractivity (Wildman–Crippen MR) is 246 cm³/mol. The van der Waals surface area contributed by atoms with Crippen LogP contribution in [0, 0.1) is 0 Å². The Bertz CT molecular complexity index is 3370. The van der Waals surface area contributed by atoms with Crippen LogP contribution in [0.5, 0.6) is 0 Å². The Kier molecular flexibility index (Phi) is 11.8. The fourth-order valence-corrected chi connectivity index (χ4v) is 8.62. The van der Waals surface area contributed by atoms with Gasteiger partial charge in [0.1, 0.15) is 0 Å². The van der Waals surface area contributed by atoms with Gasteiger partial charge < -0.3 is 29.9 Å². The molecule has 3 aromatic heterocycles. The van der Waals surface area contributed by atoms with E-state index >= 15 is 0 Å². The van der Waals surface area contributed by atoms with Crippen molar-refractivity contribution in [3.05, 3.63) is 168 Å². The van der Waals surface area contributed by atoms with Crippen LogP contribution in [0.4, 0.5) is 52.7 Å². The van der Waals surface area contributed by atoms with Gasteiger partial charge in [0.15, 0.2) is 0 Å². The van der Waals surface area contributed by atoms with E-state index in [9.17, 15) is 52.7 Å². The molecule has 0 atom stereocenters. The molecule has 0 aliphatic carbocycles. The topological polar surface area (TPSA) is 106 Å². The molecule has 0 amide bonds. The number of benzene rings is 6. The molecule has 5 heterocycles. The summed E-state index contributed by atoms with van der Waals surface area (Å²) in [4.78, 5) is 37.8. The summed E-state index contributed by atoms with van der Waals surface area (Å²) in [6, 6.07) is 28.7. The van der Waals surface area contributed by atoms with Crippen LogP contribution in [-0.2, 0) is 24.7 Å². The maximum absolute atomic E-state index is 14.4. The molecule has 11 rings (SSSR count). The molecule has 2 aliphatic rings. The summed E-state index contributed by atoms with van der Waals surface area (Å²) in [5, 5.41) is 0. The molecule has 8 bridgehead atoms. The number of fused-ring (bicyclic) bond motifs is 14. The predicted octanol–water partition coefficient (Wildman–Crippen LogP) is 14.2. The van der Waals surface area contributed by atoms with E-state index in [0.717, 1.165) is 72.8 Å². The number of hydrogen-bond donors (Lipinski definition) is 0. The molecule has 0 unspecified atom stereocenters. The van der Waals surface area contributed by atoms with Gasteiger partial charge in [-0.05, 0) is 70.8 Å². The van der Waals surface area contributed by atoms with E-state index in [2.05, 4.69) is 9.97 Å². The zero-order chi connectivity index (χ0) is 50.5. The van der Waals surface area contributed by atoms with Crippen molar-refractivity contribution in [1.29, 1.82) is 0 Å². The fourth-order valence-electron chi connectivity index (χ4n) is 8.62. The Balaban J connectivity index is 0.00000611. The monoisotopic (exact) mass is 1010 g/mol. The third-order valence-electron chi connectivity index (χ3n) is 11.8. The Hall–Kier alpha value is -7.91. The Morgan fingerprint density at radius 2 is 0.493 bits per heavy atom. The smallest absolute Gasteiger partial charge is 0.357 e. The number of nitrogens with zero attached hydrogens (tertiary/aromatic N) is 8. The van der Waals surface area contributed by atoms with E-state index in [0.29, 0.717) is 0 Å². The summed E-state index contributed by atoms with van der Waals surface area (Å²) in [7, 11) is 0.